The van der Waals surface area contributed by atoms with Crippen molar-refractivity contribution < 1.29 is 0 Å². The van der Waals surface area contributed by atoms with Crippen LogP contribution in [0.4, 0.5) is 5.69 Å². The first-order chi connectivity index (χ1) is 10.2. The summed E-state index contributed by atoms with van der Waals surface area (Å²) in [5.41, 5.74) is 2.76. The Labute approximate surface area is 137 Å². The molecule has 21 heavy (non-hydrogen) atoms. The average Bonchev–Trinajstić information content (AvgIpc) is 2.47. The van der Waals surface area contributed by atoms with Gasteiger partial charge in [0.25, 0.3) is 0 Å². The van der Waals surface area contributed by atoms with Crippen LogP contribution in [-0.4, -0.2) is 24.7 Å². The van der Waals surface area contributed by atoms with E-state index in [0.717, 1.165) is 12.6 Å². The van der Waals surface area contributed by atoms with E-state index < -0.39 is 0 Å². The van der Waals surface area contributed by atoms with Crippen molar-refractivity contribution in [1.82, 2.24) is 5.32 Å². The molecule has 2 aliphatic rings. The first-order valence-electron chi connectivity index (χ1n) is 8.47. The maximum atomic E-state index is 3.82. The first kappa shape index (κ1) is 15.4. The second-order valence-electron chi connectivity index (χ2n) is 6.68. The molecule has 1 aromatic rings. The number of nitrogens with zero attached hydrogens (tertiary/aromatic N) is 1. The van der Waals surface area contributed by atoms with E-state index in [2.05, 4.69) is 58.2 Å². The van der Waals surface area contributed by atoms with Crippen molar-refractivity contribution in [1.29, 1.82) is 0 Å². The van der Waals surface area contributed by atoms with Crippen LogP contribution in [0.2, 0.25) is 0 Å². The monoisotopic (exact) mass is 350 g/mol. The Morgan fingerprint density at radius 3 is 2.62 bits per heavy atom. The molecule has 2 atom stereocenters. The van der Waals surface area contributed by atoms with E-state index in [4.69, 9.17) is 0 Å². The number of aryl methyl sites for hydroxylation is 1. The van der Waals surface area contributed by atoms with Crippen LogP contribution in [0.5, 0.6) is 0 Å². The molecule has 2 bridgehead atoms. The summed E-state index contributed by atoms with van der Waals surface area (Å²) in [6.45, 7) is 5.62. The molecular weight excluding hydrogens is 324 g/mol. The predicted octanol–water partition coefficient (Wildman–Crippen LogP) is 4.65. The van der Waals surface area contributed by atoms with Crippen molar-refractivity contribution >= 4 is 21.6 Å². The molecule has 1 aromatic carbocycles. The standard InChI is InChI=1S/C18H27BrN2/c1-3-10-20-14-11-15-7-5-8-16(12-14)21(15)17-9-4-6-13(2)18(17)19/h4,6,9,14-16,20H,3,5,7-8,10-12H2,1-2H3. The molecule has 2 unspecified atom stereocenters. The lowest BCUT2D eigenvalue weighted by Crippen LogP contribution is -2.56. The number of hydrogen-bond acceptors (Lipinski definition) is 2. The highest BCUT2D eigenvalue weighted by molar-refractivity contribution is 9.10. The minimum absolute atomic E-state index is 0.713. The molecule has 0 radical (unpaired) electrons. The van der Waals surface area contributed by atoms with E-state index in [1.165, 1.54) is 54.2 Å². The van der Waals surface area contributed by atoms with Crippen LogP contribution >= 0.6 is 15.9 Å². The van der Waals surface area contributed by atoms with Gasteiger partial charge in [0.05, 0.1) is 5.69 Å². The van der Waals surface area contributed by atoms with Crippen LogP contribution < -0.4 is 10.2 Å². The molecule has 1 N–H and O–H groups in total. The summed E-state index contributed by atoms with van der Waals surface area (Å²) in [5.74, 6) is 0. The topological polar surface area (TPSA) is 15.3 Å². The molecule has 2 heterocycles. The summed E-state index contributed by atoms with van der Waals surface area (Å²) in [4.78, 5) is 2.73. The summed E-state index contributed by atoms with van der Waals surface area (Å²) in [6, 6.07) is 8.84. The number of benzene rings is 1. The number of rotatable bonds is 4. The Morgan fingerprint density at radius 2 is 1.95 bits per heavy atom. The van der Waals surface area contributed by atoms with Crippen molar-refractivity contribution in [2.45, 2.75) is 70.5 Å². The van der Waals surface area contributed by atoms with Crippen LogP contribution in [0.25, 0.3) is 0 Å². The van der Waals surface area contributed by atoms with E-state index in [0.29, 0.717) is 12.1 Å². The second-order valence-corrected chi connectivity index (χ2v) is 7.47. The lowest BCUT2D eigenvalue weighted by atomic mass is 9.81. The molecule has 3 heteroatoms. The maximum Gasteiger partial charge on any atom is 0.0518 e. The number of hydrogen-bond donors (Lipinski definition) is 1. The largest absolute Gasteiger partial charge is 0.365 e. The molecule has 0 amide bonds. The fourth-order valence-electron chi connectivity index (χ4n) is 4.12. The molecule has 0 aliphatic carbocycles. The van der Waals surface area contributed by atoms with Gasteiger partial charge < -0.3 is 10.2 Å². The van der Waals surface area contributed by atoms with Gasteiger partial charge in [0, 0.05) is 22.6 Å². The SMILES string of the molecule is CCCNC1CC2CCCC(C1)N2c1cccc(C)c1Br. The lowest BCUT2D eigenvalue weighted by molar-refractivity contribution is 0.245. The zero-order valence-electron chi connectivity index (χ0n) is 13.2. The van der Waals surface area contributed by atoms with Crippen molar-refractivity contribution in [3.8, 4) is 0 Å². The van der Waals surface area contributed by atoms with Gasteiger partial charge in [0.2, 0.25) is 0 Å². The zero-order valence-corrected chi connectivity index (χ0v) is 14.8. The van der Waals surface area contributed by atoms with Gasteiger partial charge in [-0.25, -0.2) is 0 Å². The first-order valence-corrected chi connectivity index (χ1v) is 9.26. The van der Waals surface area contributed by atoms with Gasteiger partial charge in [0.15, 0.2) is 0 Å². The van der Waals surface area contributed by atoms with Crippen molar-refractivity contribution in [2.24, 2.45) is 0 Å². The third-order valence-electron chi connectivity index (χ3n) is 5.11. The van der Waals surface area contributed by atoms with Gasteiger partial charge in [-0.3, -0.25) is 0 Å². The van der Waals surface area contributed by atoms with Gasteiger partial charge in [0.1, 0.15) is 0 Å². The maximum absolute atomic E-state index is 3.82. The van der Waals surface area contributed by atoms with E-state index in [1.54, 1.807) is 0 Å². The predicted molar refractivity (Wildman–Crippen MR) is 94.1 cm³/mol. The van der Waals surface area contributed by atoms with E-state index >= 15 is 0 Å². The van der Waals surface area contributed by atoms with Crippen molar-refractivity contribution in [3.63, 3.8) is 0 Å². The van der Waals surface area contributed by atoms with E-state index in [-0.39, 0.29) is 0 Å². The molecular formula is C18H27BrN2. The van der Waals surface area contributed by atoms with E-state index in [9.17, 15) is 0 Å². The molecule has 2 saturated heterocycles. The number of fused-ring (bicyclic) bond motifs is 2. The molecule has 2 fully saturated rings. The molecule has 3 rings (SSSR count). The second kappa shape index (κ2) is 6.70. The molecule has 2 aliphatic heterocycles. The molecule has 0 spiro atoms. The summed E-state index contributed by atoms with van der Waals surface area (Å²) in [7, 11) is 0. The fourth-order valence-corrected chi connectivity index (χ4v) is 4.59. The number of piperidine rings is 2. The molecule has 0 aromatic heterocycles. The third-order valence-corrected chi connectivity index (χ3v) is 6.14. The minimum atomic E-state index is 0.713. The van der Waals surface area contributed by atoms with Gasteiger partial charge in [-0.15, -0.1) is 0 Å². The summed E-state index contributed by atoms with van der Waals surface area (Å²) < 4.78 is 1.29. The van der Waals surface area contributed by atoms with Gasteiger partial charge in [-0.05, 0) is 79.6 Å². The van der Waals surface area contributed by atoms with Crippen LogP contribution in [0.1, 0.15) is 51.0 Å². The average molecular weight is 351 g/mol. The number of halogens is 1. The van der Waals surface area contributed by atoms with Crippen LogP contribution in [-0.2, 0) is 0 Å². The van der Waals surface area contributed by atoms with Crippen LogP contribution in [0.15, 0.2) is 22.7 Å². The molecule has 2 nitrogen and oxygen atoms in total. The Morgan fingerprint density at radius 1 is 1.24 bits per heavy atom. The number of anilines is 1. The Kier molecular flexibility index (Phi) is 4.90. The molecule has 116 valence electrons. The van der Waals surface area contributed by atoms with Crippen LogP contribution in [0, 0.1) is 6.92 Å². The third kappa shape index (κ3) is 3.14. The Bertz CT molecular complexity index is 474. The summed E-state index contributed by atoms with van der Waals surface area (Å²) >= 11 is 3.82. The summed E-state index contributed by atoms with van der Waals surface area (Å²) in [5, 5.41) is 3.76. The van der Waals surface area contributed by atoms with Gasteiger partial charge >= 0.3 is 0 Å². The Balaban J connectivity index is 1.82. The van der Waals surface area contributed by atoms with Crippen LogP contribution in [0.3, 0.4) is 0 Å². The number of nitrogens with one attached hydrogen (secondary N) is 1. The normalized spacial score (nSPS) is 28.7. The highest BCUT2D eigenvalue weighted by Crippen LogP contribution is 2.41. The Hall–Kier alpha value is -0.540. The van der Waals surface area contributed by atoms with Crippen molar-refractivity contribution in [2.75, 3.05) is 11.4 Å². The van der Waals surface area contributed by atoms with Crippen molar-refractivity contribution in [3.05, 3.63) is 28.2 Å². The fraction of sp³-hybridized carbons (Fsp3) is 0.667. The smallest absolute Gasteiger partial charge is 0.0518 e. The molecule has 0 saturated carbocycles. The zero-order chi connectivity index (χ0) is 14.8. The van der Waals surface area contributed by atoms with Gasteiger partial charge in [-0.2, -0.15) is 0 Å². The highest BCUT2D eigenvalue weighted by atomic mass is 79.9. The highest BCUT2D eigenvalue weighted by Gasteiger charge is 2.38. The summed E-state index contributed by atoms with van der Waals surface area (Å²) in [6.07, 6.45) is 7.94. The quantitative estimate of drug-likeness (QED) is 0.850. The van der Waals surface area contributed by atoms with E-state index in [1.807, 2.05) is 0 Å². The van der Waals surface area contributed by atoms with Gasteiger partial charge in [-0.1, -0.05) is 19.1 Å². The lowest BCUT2D eigenvalue weighted by Gasteiger charge is -2.51. The minimum Gasteiger partial charge on any atom is -0.365 e.